The lowest BCUT2D eigenvalue weighted by Gasteiger charge is -2.33. The van der Waals surface area contributed by atoms with Crippen LogP contribution in [0.15, 0.2) is 12.4 Å². The van der Waals surface area contributed by atoms with Gasteiger partial charge in [0.05, 0.1) is 31.3 Å². The van der Waals surface area contributed by atoms with Crippen LogP contribution in [0.25, 0.3) is 0 Å². The molecule has 1 saturated heterocycles. The molecule has 1 aromatic heterocycles. The SMILES string of the molecule is CNC(=O)C1COCCN1Cc1cnc(N)cn1. The van der Waals surface area contributed by atoms with Crippen LogP contribution in [-0.4, -0.2) is 53.6 Å². The minimum atomic E-state index is -0.275. The summed E-state index contributed by atoms with van der Waals surface area (Å²) in [5, 5.41) is 2.64. The van der Waals surface area contributed by atoms with Crippen molar-refractivity contribution in [3.63, 3.8) is 0 Å². The maximum Gasteiger partial charge on any atom is 0.239 e. The van der Waals surface area contributed by atoms with E-state index in [9.17, 15) is 4.79 Å². The van der Waals surface area contributed by atoms with E-state index in [2.05, 4.69) is 15.3 Å². The fraction of sp³-hybridized carbons (Fsp3) is 0.545. The van der Waals surface area contributed by atoms with Gasteiger partial charge in [-0.3, -0.25) is 14.7 Å². The molecule has 1 amide bonds. The van der Waals surface area contributed by atoms with Crippen LogP contribution >= 0.6 is 0 Å². The highest BCUT2D eigenvalue weighted by atomic mass is 16.5. The molecule has 18 heavy (non-hydrogen) atoms. The molecule has 1 unspecified atom stereocenters. The summed E-state index contributed by atoms with van der Waals surface area (Å²) in [6.45, 7) is 2.29. The van der Waals surface area contributed by atoms with Gasteiger partial charge < -0.3 is 15.8 Å². The fourth-order valence-corrected chi connectivity index (χ4v) is 1.89. The molecular weight excluding hydrogens is 234 g/mol. The Morgan fingerprint density at radius 2 is 2.44 bits per heavy atom. The zero-order valence-electron chi connectivity index (χ0n) is 10.3. The fourth-order valence-electron chi connectivity index (χ4n) is 1.89. The Kier molecular flexibility index (Phi) is 4.06. The maximum absolute atomic E-state index is 11.7. The standard InChI is InChI=1S/C11H17N5O2/c1-13-11(17)9-7-18-3-2-16(9)6-8-4-15-10(12)5-14-8/h4-5,9H,2-3,6-7H2,1H3,(H2,12,15)(H,13,17). The number of nitrogen functional groups attached to an aromatic ring is 1. The van der Waals surface area contributed by atoms with E-state index in [0.29, 0.717) is 32.1 Å². The normalized spacial score (nSPS) is 20.6. The van der Waals surface area contributed by atoms with Gasteiger partial charge in [-0.25, -0.2) is 4.98 Å². The van der Waals surface area contributed by atoms with Gasteiger partial charge in [0.1, 0.15) is 11.9 Å². The number of hydrogen-bond acceptors (Lipinski definition) is 6. The van der Waals surface area contributed by atoms with Crippen molar-refractivity contribution in [1.29, 1.82) is 0 Å². The number of aromatic nitrogens is 2. The van der Waals surface area contributed by atoms with Gasteiger partial charge in [0, 0.05) is 20.1 Å². The zero-order chi connectivity index (χ0) is 13.0. The zero-order valence-corrected chi connectivity index (χ0v) is 10.3. The van der Waals surface area contributed by atoms with Gasteiger partial charge in [0.25, 0.3) is 0 Å². The Morgan fingerprint density at radius 1 is 1.61 bits per heavy atom. The van der Waals surface area contributed by atoms with E-state index in [1.54, 1.807) is 13.2 Å². The summed E-state index contributed by atoms with van der Waals surface area (Å²) in [6.07, 6.45) is 3.15. The first kappa shape index (κ1) is 12.7. The van der Waals surface area contributed by atoms with Gasteiger partial charge in [-0.05, 0) is 0 Å². The topological polar surface area (TPSA) is 93.4 Å². The molecule has 0 saturated carbocycles. The lowest BCUT2D eigenvalue weighted by atomic mass is 10.2. The highest BCUT2D eigenvalue weighted by Crippen LogP contribution is 2.11. The molecular formula is C11H17N5O2. The number of carbonyl (C=O) groups is 1. The monoisotopic (exact) mass is 251 g/mol. The van der Waals surface area contributed by atoms with Crippen molar-refractivity contribution in [3.05, 3.63) is 18.1 Å². The van der Waals surface area contributed by atoms with E-state index < -0.39 is 0 Å². The quantitative estimate of drug-likeness (QED) is 0.716. The van der Waals surface area contributed by atoms with E-state index in [4.69, 9.17) is 10.5 Å². The maximum atomic E-state index is 11.7. The second kappa shape index (κ2) is 5.74. The molecule has 0 aliphatic carbocycles. The summed E-state index contributed by atoms with van der Waals surface area (Å²) in [4.78, 5) is 21.9. The summed E-state index contributed by atoms with van der Waals surface area (Å²) in [7, 11) is 1.62. The molecule has 7 nitrogen and oxygen atoms in total. The van der Waals surface area contributed by atoms with Crippen molar-refractivity contribution < 1.29 is 9.53 Å². The van der Waals surface area contributed by atoms with Gasteiger partial charge in [-0.1, -0.05) is 0 Å². The molecule has 0 aromatic carbocycles. The van der Waals surface area contributed by atoms with Crippen LogP contribution in [0.4, 0.5) is 5.82 Å². The number of nitrogens with zero attached hydrogens (tertiary/aromatic N) is 3. The first-order chi connectivity index (χ1) is 8.70. The Labute approximate surface area is 105 Å². The molecule has 0 bridgehead atoms. The summed E-state index contributed by atoms with van der Waals surface area (Å²) >= 11 is 0. The van der Waals surface area contributed by atoms with Crippen molar-refractivity contribution >= 4 is 11.7 Å². The van der Waals surface area contributed by atoms with Crippen LogP contribution in [0, 0.1) is 0 Å². The number of hydrogen-bond donors (Lipinski definition) is 2. The number of nitrogens with one attached hydrogen (secondary N) is 1. The van der Waals surface area contributed by atoms with Gasteiger partial charge in [0.2, 0.25) is 5.91 Å². The number of ether oxygens (including phenoxy) is 1. The Balaban J connectivity index is 2.05. The van der Waals surface area contributed by atoms with Crippen LogP contribution in [0.5, 0.6) is 0 Å². The van der Waals surface area contributed by atoms with E-state index in [0.717, 1.165) is 5.69 Å². The van der Waals surface area contributed by atoms with Crippen molar-refractivity contribution in [2.45, 2.75) is 12.6 Å². The smallest absolute Gasteiger partial charge is 0.239 e. The third-order valence-electron chi connectivity index (χ3n) is 2.88. The Bertz CT molecular complexity index is 408. The molecule has 1 aromatic rings. The number of rotatable bonds is 3. The van der Waals surface area contributed by atoms with Gasteiger partial charge in [0.15, 0.2) is 0 Å². The van der Waals surface area contributed by atoms with Gasteiger partial charge in [-0.2, -0.15) is 0 Å². The molecule has 2 rings (SSSR count). The third-order valence-corrected chi connectivity index (χ3v) is 2.88. The van der Waals surface area contributed by atoms with Crippen LogP contribution in [0.2, 0.25) is 0 Å². The Morgan fingerprint density at radius 3 is 3.11 bits per heavy atom. The van der Waals surface area contributed by atoms with E-state index >= 15 is 0 Å². The number of anilines is 1. The van der Waals surface area contributed by atoms with Crippen LogP contribution in [0.1, 0.15) is 5.69 Å². The first-order valence-electron chi connectivity index (χ1n) is 5.80. The summed E-state index contributed by atoms with van der Waals surface area (Å²) < 4.78 is 5.33. The van der Waals surface area contributed by atoms with Crippen LogP contribution in [0.3, 0.4) is 0 Å². The van der Waals surface area contributed by atoms with E-state index in [1.165, 1.54) is 6.20 Å². The lowest BCUT2D eigenvalue weighted by Crippen LogP contribution is -2.52. The van der Waals surface area contributed by atoms with Crippen LogP contribution < -0.4 is 11.1 Å². The lowest BCUT2D eigenvalue weighted by molar-refractivity contribution is -0.132. The number of likely N-dealkylation sites (N-methyl/N-ethyl adjacent to an activating group) is 1. The predicted octanol–water partition coefficient (Wildman–Crippen LogP) is -0.994. The van der Waals surface area contributed by atoms with Crippen molar-refractivity contribution in [2.75, 3.05) is 32.5 Å². The molecule has 0 spiro atoms. The summed E-state index contributed by atoms with van der Waals surface area (Å²) in [5.74, 6) is 0.349. The molecule has 3 N–H and O–H groups in total. The molecule has 1 aliphatic heterocycles. The van der Waals surface area contributed by atoms with Crippen LogP contribution in [-0.2, 0) is 16.1 Å². The minimum Gasteiger partial charge on any atom is -0.382 e. The predicted molar refractivity (Wildman–Crippen MR) is 65.5 cm³/mol. The number of nitrogens with two attached hydrogens (primary N) is 1. The summed E-state index contributed by atoms with van der Waals surface area (Å²) in [6, 6.07) is -0.275. The molecule has 98 valence electrons. The first-order valence-corrected chi connectivity index (χ1v) is 5.80. The van der Waals surface area contributed by atoms with Crippen molar-refractivity contribution in [1.82, 2.24) is 20.2 Å². The average Bonchev–Trinajstić information content (AvgIpc) is 2.41. The molecule has 1 atom stereocenters. The van der Waals surface area contributed by atoms with E-state index in [1.807, 2.05) is 4.90 Å². The Hall–Kier alpha value is -1.73. The molecule has 7 heteroatoms. The highest BCUT2D eigenvalue weighted by molar-refractivity contribution is 5.81. The minimum absolute atomic E-state index is 0.0434. The second-order valence-electron chi connectivity index (χ2n) is 4.11. The molecule has 1 fully saturated rings. The number of morpholine rings is 1. The second-order valence-corrected chi connectivity index (χ2v) is 4.11. The highest BCUT2D eigenvalue weighted by Gasteiger charge is 2.28. The van der Waals surface area contributed by atoms with Gasteiger partial charge >= 0.3 is 0 Å². The van der Waals surface area contributed by atoms with Gasteiger partial charge in [-0.15, -0.1) is 0 Å². The number of amides is 1. The largest absolute Gasteiger partial charge is 0.382 e. The average molecular weight is 251 g/mol. The summed E-state index contributed by atoms with van der Waals surface area (Å²) in [5.41, 5.74) is 6.28. The van der Waals surface area contributed by atoms with Crippen molar-refractivity contribution in [2.24, 2.45) is 0 Å². The van der Waals surface area contributed by atoms with Crippen molar-refractivity contribution in [3.8, 4) is 0 Å². The van der Waals surface area contributed by atoms with E-state index in [-0.39, 0.29) is 11.9 Å². The number of carbonyl (C=O) groups excluding carboxylic acids is 1. The molecule has 0 radical (unpaired) electrons. The third kappa shape index (κ3) is 2.93. The molecule has 2 heterocycles. The molecule has 1 aliphatic rings.